The van der Waals surface area contributed by atoms with E-state index in [0.29, 0.717) is 5.56 Å². The molecule has 2 aromatic rings. The lowest BCUT2D eigenvalue weighted by Gasteiger charge is -2.09. The topological polar surface area (TPSA) is 58.2 Å². The highest BCUT2D eigenvalue weighted by atomic mass is 35.5. The number of carbonyl (C=O) groups is 2. The van der Waals surface area contributed by atoms with Crippen LogP contribution in [0.25, 0.3) is 0 Å². The van der Waals surface area contributed by atoms with Crippen LogP contribution in [0.15, 0.2) is 42.5 Å². The van der Waals surface area contributed by atoms with Crippen LogP contribution in [-0.2, 0) is 6.42 Å². The van der Waals surface area contributed by atoms with Crippen LogP contribution in [0.2, 0.25) is 5.02 Å². The van der Waals surface area contributed by atoms with Gasteiger partial charge in [-0.2, -0.15) is 0 Å². The van der Waals surface area contributed by atoms with E-state index in [4.69, 9.17) is 11.6 Å². The van der Waals surface area contributed by atoms with Crippen molar-refractivity contribution in [2.75, 3.05) is 0 Å². The zero-order chi connectivity index (χ0) is 16.1. The first-order valence-electron chi connectivity index (χ1n) is 6.66. The van der Waals surface area contributed by atoms with Gasteiger partial charge in [0.15, 0.2) is 0 Å². The Kier molecular flexibility index (Phi) is 5.12. The number of rotatable bonds is 3. The molecule has 2 N–H and O–H groups in total. The van der Waals surface area contributed by atoms with Gasteiger partial charge in [0.1, 0.15) is 5.82 Å². The summed E-state index contributed by atoms with van der Waals surface area (Å²) in [7, 11) is 0. The second-order valence-corrected chi connectivity index (χ2v) is 4.96. The lowest BCUT2D eigenvalue weighted by Crippen LogP contribution is -2.42. The van der Waals surface area contributed by atoms with Gasteiger partial charge in [-0.3, -0.25) is 20.4 Å². The molecule has 2 rings (SSSR count). The van der Waals surface area contributed by atoms with Crippen molar-refractivity contribution in [2.45, 2.75) is 13.3 Å². The average Bonchev–Trinajstić information content (AvgIpc) is 2.52. The van der Waals surface area contributed by atoms with Crippen molar-refractivity contribution in [2.24, 2.45) is 0 Å². The molecule has 0 fully saturated rings. The largest absolute Gasteiger partial charge is 0.274 e. The van der Waals surface area contributed by atoms with Crippen LogP contribution in [-0.4, -0.2) is 11.8 Å². The lowest BCUT2D eigenvalue weighted by molar-refractivity contribution is 0.0844. The van der Waals surface area contributed by atoms with E-state index < -0.39 is 17.6 Å². The minimum absolute atomic E-state index is 0.0287. The van der Waals surface area contributed by atoms with E-state index in [9.17, 15) is 14.0 Å². The Bertz CT molecular complexity index is 682. The van der Waals surface area contributed by atoms with Crippen LogP contribution in [0.4, 0.5) is 4.39 Å². The molecule has 0 radical (unpaired) electrons. The first-order valence-corrected chi connectivity index (χ1v) is 7.04. The van der Waals surface area contributed by atoms with E-state index in [0.717, 1.165) is 18.1 Å². The molecule has 0 saturated heterocycles. The van der Waals surface area contributed by atoms with Crippen molar-refractivity contribution in [1.29, 1.82) is 0 Å². The predicted octanol–water partition coefficient (Wildman–Crippen LogP) is 3.12. The van der Waals surface area contributed by atoms with Crippen LogP contribution >= 0.6 is 11.6 Å². The van der Waals surface area contributed by atoms with E-state index in [2.05, 4.69) is 10.9 Å². The average molecular weight is 321 g/mol. The molecule has 114 valence electrons. The second kappa shape index (κ2) is 7.04. The number of nitrogens with one attached hydrogen (secondary N) is 2. The van der Waals surface area contributed by atoms with Crippen molar-refractivity contribution in [1.82, 2.24) is 10.9 Å². The number of carbonyl (C=O) groups excluding carboxylic acids is 2. The highest BCUT2D eigenvalue weighted by Gasteiger charge is 2.16. The van der Waals surface area contributed by atoms with Crippen LogP contribution in [0, 0.1) is 5.82 Å². The standard InChI is InChI=1S/C16H14ClFN2O2/c1-2-10-6-8-11(9-7-10)15(21)19-20-16(22)14-12(17)4-3-5-13(14)18/h3-9H,2H2,1H3,(H,19,21)(H,20,22). The summed E-state index contributed by atoms with van der Waals surface area (Å²) >= 11 is 5.78. The normalized spacial score (nSPS) is 10.1. The number of amides is 2. The molecule has 22 heavy (non-hydrogen) atoms. The van der Waals surface area contributed by atoms with Crippen LogP contribution in [0.1, 0.15) is 33.2 Å². The molecule has 0 saturated carbocycles. The van der Waals surface area contributed by atoms with Gasteiger partial charge in [-0.25, -0.2) is 4.39 Å². The fourth-order valence-electron chi connectivity index (χ4n) is 1.85. The molecule has 0 bridgehead atoms. The molecule has 0 aliphatic heterocycles. The Morgan fingerprint density at radius 1 is 1.05 bits per heavy atom. The first kappa shape index (κ1) is 16.0. The van der Waals surface area contributed by atoms with Crippen LogP contribution < -0.4 is 10.9 Å². The number of halogens is 2. The third kappa shape index (κ3) is 3.62. The second-order valence-electron chi connectivity index (χ2n) is 4.56. The number of hydrogen-bond acceptors (Lipinski definition) is 2. The molecule has 4 nitrogen and oxygen atoms in total. The van der Waals surface area contributed by atoms with Gasteiger partial charge in [0.05, 0.1) is 10.6 Å². The maximum absolute atomic E-state index is 13.6. The molecule has 0 unspecified atom stereocenters. The molecule has 0 atom stereocenters. The smallest absolute Gasteiger partial charge is 0.267 e. The van der Waals surface area contributed by atoms with E-state index in [1.54, 1.807) is 12.1 Å². The summed E-state index contributed by atoms with van der Waals surface area (Å²) < 4.78 is 13.6. The number of hydrazine groups is 1. The summed E-state index contributed by atoms with van der Waals surface area (Å²) in [6, 6.07) is 10.8. The summed E-state index contributed by atoms with van der Waals surface area (Å²) in [5.41, 5.74) is 5.54. The Morgan fingerprint density at radius 2 is 1.68 bits per heavy atom. The van der Waals surface area contributed by atoms with Crippen molar-refractivity contribution >= 4 is 23.4 Å². The summed E-state index contributed by atoms with van der Waals surface area (Å²) in [6.45, 7) is 2.01. The Hall–Kier alpha value is -2.40. The third-order valence-electron chi connectivity index (χ3n) is 3.10. The van der Waals surface area contributed by atoms with Gasteiger partial charge in [0.25, 0.3) is 11.8 Å². The third-order valence-corrected chi connectivity index (χ3v) is 3.42. The minimum Gasteiger partial charge on any atom is -0.267 e. The summed E-state index contributed by atoms with van der Waals surface area (Å²) in [5.74, 6) is -2.07. The minimum atomic E-state index is -0.818. The van der Waals surface area contributed by atoms with Crippen molar-refractivity contribution in [3.63, 3.8) is 0 Å². The first-order chi connectivity index (χ1) is 10.5. The molecule has 0 spiro atoms. The monoisotopic (exact) mass is 320 g/mol. The number of aryl methyl sites for hydroxylation is 1. The summed E-state index contributed by atoms with van der Waals surface area (Å²) in [6.07, 6.45) is 0.865. The fourth-order valence-corrected chi connectivity index (χ4v) is 2.10. The van der Waals surface area contributed by atoms with Gasteiger partial charge in [-0.1, -0.05) is 36.7 Å². The van der Waals surface area contributed by atoms with Gasteiger partial charge in [0, 0.05) is 5.56 Å². The van der Waals surface area contributed by atoms with Crippen molar-refractivity contribution in [3.05, 3.63) is 70.0 Å². The molecular formula is C16H14ClFN2O2. The van der Waals surface area contributed by atoms with Gasteiger partial charge in [-0.05, 0) is 36.2 Å². The quantitative estimate of drug-likeness (QED) is 0.854. The van der Waals surface area contributed by atoms with Gasteiger partial charge in [-0.15, -0.1) is 0 Å². The van der Waals surface area contributed by atoms with E-state index >= 15 is 0 Å². The van der Waals surface area contributed by atoms with E-state index in [-0.39, 0.29) is 10.6 Å². The zero-order valence-electron chi connectivity index (χ0n) is 11.8. The highest BCUT2D eigenvalue weighted by Crippen LogP contribution is 2.18. The van der Waals surface area contributed by atoms with Crippen molar-refractivity contribution in [3.8, 4) is 0 Å². The fraction of sp³-hybridized carbons (Fsp3) is 0.125. The summed E-state index contributed by atoms with van der Waals surface area (Å²) in [4.78, 5) is 23.8. The van der Waals surface area contributed by atoms with E-state index in [1.165, 1.54) is 12.1 Å². The SMILES string of the molecule is CCc1ccc(C(=O)NNC(=O)c2c(F)cccc2Cl)cc1. The Labute approximate surface area is 132 Å². The Balaban J connectivity index is 2.02. The Morgan fingerprint density at radius 3 is 2.27 bits per heavy atom. The molecule has 6 heteroatoms. The summed E-state index contributed by atoms with van der Waals surface area (Å²) in [5, 5.41) is -0.0287. The van der Waals surface area contributed by atoms with Crippen molar-refractivity contribution < 1.29 is 14.0 Å². The van der Waals surface area contributed by atoms with Gasteiger partial charge >= 0.3 is 0 Å². The maximum Gasteiger partial charge on any atom is 0.274 e. The number of hydrogen-bond donors (Lipinski definition) is 2. The zero-order valence-corrected chi connectivity index (χ0v) is 12.6. The van der Waals surface area contributed by atoms with E-state index in [1.807, 2.05) is 19.1 Å². The highest BCUT2D eigenvalue weighted by molar-refractivity contribution is 6.33. The van der Waals surface area contributed by atoms with Gasteiger partial charge in [0.2, 0.25) is 0 Å². The molecular weight excluding hydrogens is 307 g/mol. The van der Waals surface area contributed by atoms with Gasteiger partial charge < -0.3 is 0 Å². The predicted molar refractivity (Wildman–Crippen MR) is 82.2 cm³/mol. The molecule has 2 aromatic carbocycles. The molecule has 0 aliphatic carbocycles. The van der Waals surface area contributed by atoms with Crippen LogP contribution in [0.5, 0.6) is 0 Å². The maximum atomic E-state index is 13.6. The molecule has 2 amide bonds. The molecule has 0 aromatic heterocycles. The molecule has 0 aliphatic rings. The lowest BCUT2D eigenvalue weighted by atomic mass is 10.1. The molecule has 0 heterocycles. The van der Waals surface area contributed by atoms with Crippen LogP contribution in [0.3, 0.4) is 0 Å². The number of benzene rings is 2.